The molecule has 1 aromatic carbocycles. The van der Waals surface area contributed by atoms with Gasteiger partial charge in [0.05, 0.1) is 6.20 Å². The molecule has 3 heteroatoms. The molecule has 0 fully saturated rings. The summed E-state index contributed by atoms with van der Waals surface area (Å²) in [6.07, 6.45) is 3.29. The predicted molar refractivity (Wildman–Crippen MR) is 67.4 cm³/mol. The molecule has 0 radical (unpaired) electrons. The maximum atomic E-state index is 12.6. The summed E-state index contributed by atoms with van der Waals surface area (Å²) in [4.78, 5) is 3.94. The lowest BCUT2D eigenvalue weighted by Gasteiger charge is -2.05. The van der Waals surface area contributed by atoms with Crippen LogP contribution in [0, 0.1) is 5.82 Å². The Morgan fingerprint density at radius 2 is 1.88 bits per heavy atom. The average Bonchev–Trinajstić information content (AvgIpc) is 2.38. The van der Waals surface area contributed by atoms with E-state index in [4.69, 9.17) is 0 Å². The van der Waals surface area contributed by atoms with Gasteiger partial charge in [0.25, 0.3) is 0 Å². The Balaban J connectivity index is 1.71. The highest BCUT2D eigenvalue weighted by atomic mass is 19.1. The summed E-state index contributed by atoms with van der Waals surface area (Å²) in [5, 5.41) is 3.16. The minimum atomic E-state index is -0.306. The van der Waals surface area contributed by atoms with Crippen LogP contribution in [0.3, 0.4) is 0 Å². The summed E-state index contributed by atoms with van der Waals surface area (Å²) in [6.45, 7) is 0.841. The molecule has 0 bridgehead atoms. The topological polar surface area (TPSA) is 24.9 Å². The first-order valence-corrected chi connectivity index (χ1v) is 5.74. The van der Waals surface area contributed by atoms with Gasteiger partial charge in [0.2, 0.25) is 0 Å². The number of halogens is 1. The van der Waals surface area contributed by atoms with Gasteiger partial charge in [-0.2, -0.15) is 0 Å². The maximum Gasteiger partial charge on any atom is 0.141 e. The van der Waals surface area contributed by atoms with Crippen molar-refractivity contribution in [2.24, 2.45) is 0 Å². The van der Waals surface area contributed by atoms with Crippen molar-refractivity contribution in [1.82, 2.24) is 4.98 Å². The van der Waals surface area contributed by atoms with Crippen LogP contribution in [0.25, 0.3) is 0 Å². The molecule has 1 heterocycles. The van der Waals surface area contributed by atoms with Gasteiger partial charge in [-0.05, 0) is 30.5 Å². The number of pyridine rings is 1. The molecular formula is C14H15FN2. The molecule has 1 N–H and O–H groups in total. The molecule has 0 spiro atoms. The van der Waals surface area contributed by atoms with E-state index in [0.29, 0.717) is 0 Å². The first-order valence-electron chi connectivity index (χ1n) is 5.74. The van der Waals surface area contributed by atoms with E-state index in [2.05, 4.69) is 22.4 Å². The van der Waals surface area contributed by atoms with Crippen molar-refractivity contribution < 1.29 is 4.39 Å². The second kappa shape index (κ2) is 5.99. The van der Waals surface area contributed by atoms with Crippen molar-refractivity contribution in [2.75, 3.05) is 11.9 Å². The average molecular weight is 230 g/mol. The van der Waals surface area contributed by atoms with Crippen LogP contribution in [-0.2, 0) is 6.42 Å². The van der Waals surface area contributed by atoms with E-state index in [9.17, 15) is 4.39 Å². The first kappa shape index (κ1) is 11.6. The van der Waals surface area contributed by atoms with Crippen molar-refractivity contribution >= 4 is 5.82 Å². The second-order valence-corrected chi connectivity index (χ2v) is 3.88. The molecule has 17 heavy (non-hydrogen) atoms. The lowest BCUT2D eigenvalue weighted by atomic mass is 10.1. The van der Waals surface area contributed by atoms with E-state index < -0.39 is 0 Å². The molecule has 0 aliphatic rings. The molecule has 0 amide bonds. The van der Waals surface area contributed by atoms with Gasteiger partial charge in [-0.25, -0.2) is 9.37 Å². The third-order valence-corrected chi connectivity index (χ3v) is 2.52. The monoisotopic (exact) mass is 230 g/mol. The van der Waals surface area contributed by atoms with E-state index in [1.165, 1.54) is 17.8 Å². The van der Waals surface area contributed by atoms with Crippen LogP contribution in [0.1, 0.15) is 12.0 Å². The zero-order valence-corrected chi connectivity index (χ0v) is 9.57. The molecule has 2 nitrogen and oxygen atoms in total. The van der Waals surface area contributed by atoms with E-state index in [1.54, 1.807) is 6.07 Å². The SMILES string of the molecule is Fc1ccc(NCCCc2ccccc2)nc1. The van der Waals surface area contributed by atoms with Gasteiger partial charge < -0.3 is 5.32 Å². The Morgan fingerprint density at radius 3 is 2.59 bits per heavy atom. The minimum Gasteiger partial charge on any atom is -0.370 e. The molecule has 0 atom stereocenters. The van der Waals surface area contributed by atoms with Crippen LogP contribution in [-0.4, -0.2) is 11.5 Å². The molecule has 0 aliphatic heterocycles. The molecule has 0 saturated heterocycles. The number of hydrogen-bond acceptors (Lipinski definition) is 2. The van der Waals surface area contributed by atoms with Crippen molar-refractivity contribution in [1.29, 1.82) is 0 Å². The Kier molecular flexibility index (Phi) is 4.08. The van der Waals surface area contributed by atoms with E-state index in [0.717, 1.165) is 25.2 Å². The summed E-state index contributed by atoms with van der Waals surface area (Å²) in [5.74, 6) is 0.416. The largest absolute Gasteiger partial charge is 0.370 e. The Hall–Kier alpha value is -1.90. The highest BCUT2D eigenvalue weighted by Crippen LogP contribution is 2.05. The normalized spacial score (nSPS) is 10.2. The van der Waals surface area contributed by atoms with Crippen molar-refractivity contribution in [3.05, 3.63) is 60.0 Å². The zero-order valence-electron chi connectivity index (χ0n) is 9.57. The Bertz CT molecular complexity index is 440. The van der Waals surface area contributed by atoms with Crippen LogP contribution < -0.4 is 5.32 Å². The lowest BCUT2D eigenvalue weighted by molar-refractivity contribution is 0.621. The lowest BCUT2D eigenvalue weighted by Crippen LogP contribution is -2.04. The van der Waals surface area contributed by atoms with Crippen molar-refractivity contribution in [2.45, 2.75) is 12.8 Å². The van der Waals surface area contributed by atoms with Crippen LogP contribution in [0.2, 0.25) is 0 Å². The van der Waals surface area contributed by atoms with Gasteiger partial charge in [0, 0.05) is 6.54 Å². The highest BCUT2D eigenvalue weighted by molar-refractivity contribution is 5.33. The van der Waals surface area contributed by atoms with Gasteiger partial charge in [-0.1, -0.05) is 30.3 Å². The molecule has 1 aromatic heterocycles. The fourth-order valence-electron chi connectivity index (χ4n) is 1.63. The number of aryl methyl sites for hydroxylation is 1. The van der Waals surface area contributed by atoms with Crippen molar-refractivity contribution in [3.63, 3.8) is 0 Å². The van der Waals surface area contributed by atoms with Crippen LogP contribution in [0.15, 0.2) is 48.7 Å². The quantitative estimate of drug-likeness (QED) is 0.797. The number of nitrogens with one attached hydrogen (secondary N) is 1. The third kappa shape index (κ3) is 3.87. The Morgan fingerprint density at radius 1 is 1.06 bits per heavy atom. The smallest absolute Gasteiger partial charge is 0.141 e. The maximum absolute atomic E-state index is 12.6. The molecule has 2 aromatic rings. The van der Waals surface area contributed by atoms with Gasteiger partial charge in [-0.15, -0.1) is 0 Å². The molecule has 2 rings (SSSR count). The summed E-state index contributed by atoms with van der Waals surface area (Å²) >= 11 is 0. The second-order valence-electron chi connectivity index (χ2n) is 3.88. The Labute approximate surface area is 101 Å². The number of nitrogens with zero attached hydrogens (tertiary/aromatic N) is 1. The zero-order chi connectivity index (χ0) is 11.9. The standard InChI is InChI=1S/C14H15FN2/c15-13-8-9-14(17-11-13)16-10-4-7-12-5-2-1-3-6-12/h1-3,5-6,8-9,11H,4,7,10H2,(H,16,17). The number of benzene rings is 1. The van der Waals surface area contributed by atoms with Gasteiger partial charge in [0.1, 0.15) is 11.6 Å². The summed E-state index contributed by atoms with van der Waals surface area (Å²) in [5.41, 5.74) is 1.33. The van der Waals surface area contributed by atoms with Gasteiger partial charge >= 0.3 is 0 Å². The molecule has 0 unspecified atom stereocenters. The van der Waals surface area contributed by atoms with Crippen molar-refractivity contribution in [3.8, 4) is 0 Å². The number of anilines is 1. The van der Waals surface area contributed by atoms with Gasteiger partial charge in [0.15, 0.2) is 0 Å². The highest BCUT2D eigenvalue weighted by Gasteiger charge is 1.95. The molecular weight excluding hydrogens is 215 g/mol. The number of aromatic nitrogens is 1. The van der Waals surface area contributed by atoms with Crippen LogP contribution >= 0.6 is 0 Å². The fraction of sp³-hybridized carbons (Fsp3) is 0.214. The fourth-order valence-corrected chi connectivity index (χ4v) is 1.63. The third-order valence-electron chi connectivity index (χ3n) is 2.52. The van der Waals surface area contributed by atoms with Gasteiger partial charge in [-0.3, -0.25) is 0 Å². The van der Waals surface area contributed by atoms with Crippen LogP contribution in [0.4, 0.5) is 10.2 Å². The number of hydrogen-bond donors (Lipinski definition) is 1. The molecule has 0 saturated carbocycles. The summed E-state index contributed by atoms with van der Waals surface area (Å²) in [6, 6.07) is 13.4. The van der Waals surface area contributed by atoms with Crippen LogP contribution in [0.5, 0.6) is 0 Å². The minimum absolute atomic E-state index is 0.306. The number of rotatable bonds is 5. The summed E-state index contributed by atoms with van der Waals surface area (Å²) in [7, 11) is 0. The van der Waals surface area contributed by atoms with E-state index in [-0.39, 0.29) is 5.82 Å². The summed E-state index contributed by atoms with van der Waals surface area (Å²) < 4.78 is 12.6. The van der Waals surface area contributed by atoms with E-state index in [1.807, 2.05) is 18.2 Å². The first-order chi connectivity index (χ1) is 8.34. The molecule has 88 valence electrons. The van der Waals surface area contributed by atoms with E-state index >= 15 is 0 Å². The molecule has 0 aliphatic carbocycles. The predicted octanol–water partition coefficient (Wildman–Crippen LogP) is 3.27.